The standard InChI is InChI=1S/C25H38N2O3/c1-18(2)20-9-7-19(8-10-20)17-27-14-11-25(12-15-27)23(29)24(3,13-16-30-25)26-22(28)21-5-4-6-21/h7-10,18,21,23,29H,4-6,11-17H2,1-3H3,(H,26,28)/t23-,24+/m0/s1. The van der Waals surface area contributed by atoms with Crippen LogP contribution in [0.25, 0.3) is 0 Å². The summed E-state index contributed by atoms with van der Waals surface area (Å²) in [6, 6.07) is 8.93. The van der Waals surface area contributed by atoms with Crippen LogP contribution in [0.1, 0.15) is 76.3 Å². The average Bonchev–Trinajstić information content (AvgIpc) is 2.67. The maximum absolute atomic E-state index is 12.6. The van der Waals surface area contributed by atoms with Gasteiger partial charge in [0.05, 0.1) is 11.1 Å². The smallest absolute Gasteiger partial charge is 0.223 e. The summed E-state index contributed by atoms with van der Waals surface area (Å²) in [6.07, 6.45) is 4.69. The molecular weight excluding hydrogens is 376 g/mol. The second kappa shape index (κ2) is 8.60. The lowest BCUT2D eigenvalue weighted by Crippen LogP contribution is -2.69. The van der Waals surface area contributed by atoms with Crippen molar-refractivity contribution in [2.45, 2.75) is 89.0 Å². The fourth-order valence-corrected chi connectivity index (χ4v) is 5.22. The molecule has 0 radical (unpaired) electrons. The second-order valence-corrected chi connectivity index (χ2v) is 10.3. The van der Waals surface area contributed by atoms with Crippen LogP contribution < -0.4 is 5.32 Å². The first kappa shape index (κ1) is 21.8. The van der Waals surface area contributed by atoms with Gasteiger partial charge in [-0.15, -0.1) is 0 Å². The number of likely N-dealkylation sites (tertiary alicyclic amines) is 1. The van der Waals surface area contributed by atoms with Gasteiger partial charge in [0.25, 0.3) is 0 Å². The van der Waals surface area contributed by atoms with Crippen molar-refractivity contribution < 1.29 is 14.6 Å². The number of ether oxygens (including phenoxy) is 1. The highest BCUT2D eigenvalue weighted by molar-refractivity contribution is 5.80. The minimum absolute atomic E-state index is 0.113. The summed E-state index contributed by atoms with van der Waals surface area (Å²) in [5.74, 6) is 0.803. The van der Waals surface area contributed by atoms with E-state index >= 15 is 0 Å². The van der Waals surface area contributed by atoms with E-state index in [0.717, 1.165) is 51.7 Å². The monoisotopic (exact) mass is 414 g/mol. The van der Waals surface area contributed by atoms with Crippen LogP contribution in [0, 0.1) is 5.92 Å². The molecule has 1 aromatic rings. The highest BCUT2D eigenvalue weighted by atomic mass is 16.5. The zero-order chi connectivity index (χ0) is 21.4. The zero-order valence-corrected chi connectivity index (χ0v) is 18.8. The van der Waals surface area contributed by atoms with Crippen molar-refractivity contribution in [3.8, 4) is 0 Å². The van der Waals surface area contributed by atoms with Crippen molar-refractivity contribution in [2.75, 3.05) is 19.7 Å². The highest BCUT2D eigenvalue weighted by Gasteiger charge is 2.54. The van der Waals surface area contributed by atoms with Gasteiger partial charge in [0.2, 0.25) is 5.91 Å². The number of aliphatic hydroxyl groups is 1. The molecule has 3 fully saturated rings. The lowest BCUT2D eigenvalue weighted by molar-refractivity contribution is -0.208. The van der Waals surface area contributed by atoms with Crippen LogP contribution in [0.15, 0.2) is 24.3 Å². The largest absolute Gasteiger partial charge is 0.388 e. The Morgan fingerprint density at radius 1 is 1.20 bits per heavy atom. The number of nitrogens with zero attached hydrogens (tertiary/aromatic N) is 1. The molecule has 1 aliphatic carbocycles. The lowest BCUT2D eigenvalue weighted by Gasteiger charge is -2.54. The van der Waals surface area contributed by atoms with E-state index in [0.29, 0.717) is 18.9 Å². The Hall–Kier alpha value is -1.43. The van der Waals surface area contributed by atoms with Crippen LogP contribution in [0.2, 0.25) is 0 Å². The fourth-order valence-electron chi connectivity index (χ4n) is 5.22. The lowest BCUT2D eigenvalue weighted by atomic mass is 9.72. The normalized spacial score (nSPS) is 29.7. The summed E-state index contributed by atoms with van der Waals surface area (Å²) in [6.45, 7) is 9.76. The van der Waals surface area contributed by atoms with Crippen molar-refractivity contribution in [1.82, 2.24) is 10.2 Å². The minimum atomic E-state index is -0.671. The molecule has 2 N–H and O–H groups in total. The van der Waals surface area contributed by atoms with E-state index in [9.17, 15) is 9.90 Å². The third kappa shape index (κ3) is 4.30. The quantitative estimate of drug-likeness (QED) is 0.773. The molecule has 3 aliphatic rings. The van der Waals surface area contributed by atoms with Gasteiger partial charge in [-0.1, -0.05) is 44.5 Å². The molecule has 0 unspecified atom stereocenters. The Morgan fingerprint density at radius 3 is 2.43 bits per heavy atom. The fraction of sp³-hybridized carbons (Fsp3) is 0.720. The van der Waals surface area contributed by atoms with Gasteiger partial charge in [0.1, 0.15) is 6.10 Å². The maximum Gasteiger partial charge on any atom is 0.223 e. The van der Waals surface area contributed by atoms with Gasteiger partial charge >= 0.3 is 0 Å². The van der Waals surface area contributed by atoms with Crippen LogP contribution in [-0.4, -0.2) is 52.9 Å². The average molecular weight is 415 g/mol. The summed E-state index contributed by atoms with van der Waals surface area (Å²) in [5, 5.41) is 14.5. The molecule has 5 heteroatoms. The van der Waals surface area contributed by atoms with E-state index in [1.54, 1.807) is 0 Å². The molecule has 1 aromatic carbocycles. The molecule has 0 bridgehead atoms. The molecule has 2 saturated heterocycles. The van der Waals surface area contributed by atoms with Gasteiger partial charge in [-0.3, -0.25) is 9.69 Å². The molecule has 2 heterocycles. The molecule has 1 spiro atoms. The van der Waals surface area contributed by atoms with Gasteiger partial charge in [-0.2, -0.15) is 0 Å². The molecule has 1 amide bonds. The number of hydrogen-bond acceptors (Lipinski definition) is 4. The van der Waals surface area contributed by atoms with Crippen molar-refractivity contribution in [3.63, 3.8) is 0 Å². The third-order valence-electron chi connectivity index (χ3n) is 7.75. The van der Waals surface area contributed by atoms with E-state index in [1.807, 2.05) is 6.92 Å². The zero-order valence-electron chi connectivity index (χ0n) is 18.8. The summed E-state index contributed by atoms with van der Waals surface area (Å²) in [7, 11) is 0. The Morgan fingerprint density at radius 2 is 1.87 bits per heavy atom. The SMILES string of the molecule is CC(C)c1ccc(CN2CCC3(CC2)OCC[C@@](C)(NC(=O)C2CCC2)[C@@H]3O)cc1. The molecule has 2 atom stereocenters. The first-order valence-electron chi connectivity index (χ1n) is 11.8. The summed E-state index contributed by atoms with van der Waals surface area (Å²) in [4.78, 5) is 15.0. The van der Waals surface area contributed by atoms with Crippen molar-refractivity contribution >= 4 is 5.91 Å². The highest BCUT2D eigenvalue weighted by Crippen LogP contribution is 2.40. The molecule has 1 saturated carbocycles. The van der Waals surface area contributed by atoms with Gasteiger partial charge in [-0.25, -0.2) is 0 Å². The van der Waals surface area contributed by atoms with Gasteiger partial charge in [0.15, 0.2) is 0 Å². The van der Waals surface area contributed by atoms with Crippen LogP contribution in [0.3, 0.4) is 0 Å². The number of amides is 1. The molecular formula is C25H38N2O3. The van der Waals surface area contributed by atoms with Crippen molar-refractivity contribution in [3.05, 3.63) is 35.4 Å². The Balaban J connectivity index is 1.35. The number of carbonyl (C=O) groups excluding carboxylic acids is 1. The maximum atomic E-state index is 12.6. The Bertz CT molecular complexity index is 735. The van der Waals surface area contributed by atoms with Gasteiger partial charge in [0, 0.05) is 32.2 Å². The topological polar surface area (TPSA) is 61.8 Å². The Kier molecular flexibility index (Phi) is 6.25. The Labute approximate surface area is 181 Å². The number of piperidine rings is 1. The first-order valence-corrected chi connectivity index (χ1v) is 11.8. The number of aliphatic hydroxyl groups excluding tert-OH is 1. The van der Waals surface area contributed by atoms with E-state index in [2.05, 4.69) is 48.3 Å². The number of hydrogen-bond donors (Lipinski definition) is 2. The van der Waals surface area contributed by atoms with Crippen LogP contribution in [-0.2, 0) is 16.1 Å². The summed E-state index contributed by atoms with van der Waals surface area (Å²) in [5.41, 5.74) is 1.56. The van der Waals surface area contributed by atoms with Crippen LogP contribution in [0.5, 0.6) is 0 Å². The molecule has 30 heavy (non-hydrogen) atoms. The second-order valence-electron chi connectivity index (χ2n) is 10.3. The van der Waals surface area contributed by atoms with Crippen LogP contribution >= 0.6 is 0 Å². The first-order chi connectivity index (χ1) is 14.3. The summed E-state index contributed by atoms with van der Waals surface area (Å²) >= 11 is 0. The van der Waals surface area contributed by atoms with E-state index < -0.39 is 17.2 Å². The predicted molar refractivity (Wildman–Crippen MR) is 118 cm³/mol. The molecule has 5 nitrogen and oxygen atoms in total. The molecule has 0 aromatic heterocycles. The predicted octanol–water partition coefficient (Wildman–Crippen LogP) is 3.60. The van der Waals surface area contributed by atoms with E-state index in [4.69, 9.17) is 4.74 Å². The number of carbonyl (C=O) groups is 1. The van der Waals surface area contributed by atoms with Crippen molar-refractivity contribution in [2.24, 2.45) is 5.92 Å². The number of rotatable bonds is 5. The number of nitrogens with one attached hydrogen (secondary N) is 1. The molecule has 4 rings (SSSR count). The van der Waals surface area contributed by atoms with Gasteiger partial charge < -0.3 is 15.2 Å². The van der Waals surface area contributed by atoms with E-state index in [-0.39, 0.29) is 11.8 Å². The van der Waals surface area contributed by atoms with Gasteiger partial charge in [-0.05, 0) is 56.1 Å². The molecule has 166 valence electrons. The number of benzene rings is 1. The minimum Gasteiger partial charge on any atom is -0.388 e. The summed E-state index contributed by atoms with van der Waals surface area (Å²) < 4.78 is 6.21. The third-order valence-corrected chi connectivity index (χ3v) is 7.75. The van der Waals surface area contributed by atoms with E-state index in [1.165, 1.54) is 11.1 Å². The van der Waals surface area contributed by atoms with Crippen LogP contribution in [0.4, 0.5) is 0 Å². The van der Waals surface area contributed by atoms with Crippen molar-refractivity contribution in [1.29, 1.82) is 0 Å². The molecule has 2 aliphatic heterocycles.